The lowest BCUT2D eigenvalue weighted by molar-refractivity contribution is -0.139. The molecule has 0 fully saturated rings. The first-order valence-corrected chi connectivity index (χ1v) is 15.2. The van der Waals surface area contributed by atoms with Crippen LogP contribution in [0.25, 0.3) is 0 Å². The number of methoxy groups -OCH3 is 1. The number of thiocarbonyl (C=S) groups is 1. The first kappa shape index (κ1) is 34.4. The molecule has 0 saturated carbocycles. The lowest BCUT2D eigenvalue weighted by atomic mass is 9.95. The molecule has 47 heavy (non-hydrogen) atoms. The Hall–Kier alpha value is -5.43. The highest BCUT2D eigenvalue weighted by Gasteiger charge is 2.32. The van der Waals surface area contributed by atoms with E-state index >= 15 is 0 Å². The lowest BCUT2D eigenvalue weighted by Crippen LogP contribution is -2.45. The molecule has 0 bridgehead atoms. The number of rotatable bonds is 14. The van der Waals surface area contributed by atoms with Crippen LogP contribution in [0.3, 0.4) is 0 Å². The van der Waals surface area contributed by atoms with Crippen molar-refractivity contribution in [3.8, 4) is 17.2 Å². The van der Waals surface area contributed by atoms with Crippen LogP contribution >= 0.6 is 12.2 Å². The lowest BCUT2D eigenvalue weighted by Gasteiger charge is -2.30. The van der Waals surface area contributed by atoms with E-state index in [1.165, 1.54) is 13.3 Å². The second kappa shape index (κ2) is 16.8. The number of hydrogen-bond donors (Lipinski definition) is 3. The van der Waals surface area contributed by atoms with E-state index in [1.807, 2.05) is 0 Å². The topological polar surface area (TPSA) is 146 Å². The number of benzene rings is 3. The Morgan fingerprint density at radius 3 is 2.34 bits per heavy atom. The summed E-state index contributed by atoms with van der Waals surface area (Å²) in [4.78, 5) is 37.4. The molecule has 1 aliphatic heterocycles. The summed E-state index contributed by atoms with van der Waals surface area (Å²) in [6.45, 7) is 5.56. The number of allylic oxidation sites excluding steroid dienone is 1. The molecule has 3 N–H and O–H groups in total. The number of amides is 1. The van der Waals surface area contributed by atoms with Crippen LogP contribution in [0.2, 0.25) is 0 Å². The summed E-state index contributed by atoms with van der Waals surface area (Å²) in [5.74, 6) is -0.135. The predicted octanol–water partition coefficient (Wildman–Crippen LogP) is 4.34. The molecule has 1 amide bonds. The molecule has 3 aromatic rings. The van der Waals surface area contributed by atoms with Crippen molar-refractivity contribution >= 4 is 41.4 Å². The Kier molecular flexibility index (Phi) is 12.3. The van der Waals surface area contributed by atoms with Crippen LogP contribution in [0.4, 0.5) is 0 Å². The SMILES string of the molecule is CCOC(=O)C1=C(C)NC(=S)N[C@H]1c1ccccc1OCC(=O)NN=Cc1cccc(OC)c1OCc1ccc(C(=O)OCC)cc1. The first-order valence-electron chi connectivity index (χ1n) is 14.8. The highest BCUT2D eigenvalue weighted by Crippen LogP contribution is 2.34. The molecule has 0 spiro atoms. The van der Waals surface area contributed by atoms with Gasteiger partial charge in [0.2, 0.25) is 0 Å². The number of hydrogen-bond acceptors (Lipinski definition) is 10. The minimum Gasteiger partial charge on any atom is -0.493 e. The van der Waals surface area contributed by atoms with E-state index < -0.39 is 23.9 Å². The summed E-state index contributed by atoms with van der Waals surface area (Å²) in [6.07, 6.45) is 1.44. The van der Waals surface area contributed by atoms with Gasteiger partial charge in [-0.1, -0.05) is 36.4 Å². The van der Waals surface area contributed by atoms with Gasteiger partial charge in [-0.15, -0.1) is 0 Å². The van der Waals surface area contributed by atoms with E-state index in [0.29, 0.717) is 56.9 Å². The van der Waals surface area contributed by atoms with Crippen molar-refractivity contribution in [3.05, 3.63) is 100 Å². The molecule has 1 heterocycles. The van der Waals surface area contributed by atoms with E-state index in [2.05, 4.69) is 21.2 Å². The van der Waals surface area contributed by atoms with Gasteiger partial charge in [-0.25, -0.2) is 15.0 Å². The molecule has 0 aromatic heterocycles. The highest BCUT2D eigenvalue weighted by molar-refractivity contribution is 7.80. The molecule has 0 unspecified atom stereocenters. The van der Waals surface area contributed by atoms with Crippen molar-refractivity contribution in [2.24, 2.45) is 5.10 Å². The first-order chi connectivity index (χ1) is 22.7. The Balaban J connectivity index is 1.41. The number of hydrazone groups is 1. The molecule has 4 rings (SSSR count). The van der Waals surface area contributed by atoms with Crippen molar-refractivity contribution in [2.45, 2.75) is 33.4 Å². The number of esters is 2. The molecule has 0 saturated heterocycles. The number of nitrogens with zero attached hydrogens (tertiary/aromatic N) is 1. The predicted molar refractivity (Wildman–Crippen MR) is 178 cm³/mol. The molecule has 246 valence electrons. The number of carbonyl (C=O) groups excluding carboxylic acids is 3. The number of carbonyl (C=O) groups is 3. The number of nitrogens with one attached hydrogen (secondary N) is 3. The van der Waals surface area contributed by atoms with Gasteiger partial charge in [-0.3, -0.25) is 4.79 Å². The van der Waals surface area contributed by atoms with Gasteiger partial charge in [-0.2, -0.15) is 5.10 Å². The van der Waals surface area contributed by atoms with Gasteiger partial charge in [0, 0.05) is 16.8 Å². The molecule has 0 radical (unpaired) electrons. The van der Waals surface area contributed by atoms with Crippen LogP contribution in [0.5, 0.6) is 17.2 Å². The van der Waals surface area contributed by atoms with Crippen LogP contribution in [-0.4, -0.2) is 56.1 Å². The van der Waals surface area contributed by atoms with E-state index in [0.717, 1.165) is 5.56 Å². The van der Waals surface area contributed by atoms with E-state index in [-0.39, 0.29) is 19.8 Å². The minimum absolute atomic E-state index is 0.188. The Morgan fingerprint density at radius 1 is 0.915 bits per heavy atom. The molecule has 1 aliphatic rings. The molecular formula is C34H36N4O8S. The van der Waals surface area contributed by atoms with Crippen molar-refractivity contribution in [1.82, 2.24) is 16.1 Å². The minimum atomic E-state index is -0.651. The fraction of sp³-hybridized carbons (Fsp3) is 0.265. The molecule has 1 atom stereocenters. The standard InChI is InChI=1S/C34H36N4O8S/c1-5-43-32(40)23-16-14-22(15-17-23)19-46-31-24(10-9-13-27(31)42-4)18-35-38-28(39)20-45-26-12-8-7-11-25(26)30-29(33(41)44-6-2)21(3)36-34(47)37-30/h7-18,30H,5-6,19-20H2,1-4H3,(H,38,39)(H2,36,37,47)/t30-/m0/s1. The third kappa shape index (κ3) is 9.07. The van der Waals surface area contributed by atoms with Gasteiger partial charge >= 0.3 is 11.9 Å². The van der Waals surface area contributed by atoms with Gasteiger partial charge in [0.25, 0.3) is 5.91 Å². The molecule has 0 aliphatic carbocycles. The maximum atomic E-state index is 12.8. The Labute approximate surface area is 278 Å². The van der Waals surface area contributed by atoms with Gasteiger partial charge in [-0.05, 0) is 68.9 Å². The largest absolute Gasteiger partial charge is 0.493 e. The summed E-state index contributed by atoms with van der Waals surface area (Å²) in [6, 6.07) is 18.5. The third-order valence-electron chi connectivity index (χ3n) is 6.82. The van der Waals surface area contributed by atoms with Crippen LogP contribution in [-0.2, 0) is 25.7 Å². The van der Waals surface area contributed by atoms with E-state index in [9.17, 15) is 14.4 Å². The molecule has 12 nitrogen and oxygen atoms in total. The van der Waals surface area contributed by atoms with E-state index in [1.54, 1.807) is 87.5 Å². The molecular weight excluding hydrogens is 624 g/mol. The average Bonchev–Trinajstić information content (AvgIpc) is 3.06. The van der Waals surface area contributed by atoms with Crippen LogP contribution < -0.4 is 30.3 Å². The van der Waals surface area contributed by atoms with Crippen molar-refractivity contribution in [2.75, 3.05) is 26.9 Å². The van der Waals surface area contributed by atoms with Crippen LogP contribution in [0.15, 0.2) is 83.1 Å². The highest BCUT2D eigenvalue weighted by atomic mass is 32.1. The third-order valence-corrected chi connectivity index (χ3v) is 7.04. The van der Waals surface area contributed by atoms with Crippen molar-refractivity contribution in [3.63, 3.8) is 0 Å². The Morgan fingerprint density at radius 2 is 1.62 bits per heavy atom. The second-order valence-electron chi connectivity index (χ2n) is 9.99. The summed E-state index contributed by atoms with van der Waals surface area (Å²) >= 11 is 5.33. The fourth-order valence-electron chi connectivity index (χ4n) is 4.66. The maximum absolute atomic E-state index is 12.8. The van der Waals surface area contributed by atoms with Gasteiger partial charge in [0.1, 0.15) is 12.4 Å². The monoisotopic (exact) mass is 660 g/mol. The zero-order valence-electron chi connectivity index (χ0n) is 26.5. The second-order valence-corrected chi connectivity index (χ2v) is 10.4. The summed E-state index contributed by atoms with van der Waals surface area (Å²) in [5, 5.41) is 10.5. The fourth-order valence-corrected chi connectivity index (χ4v) is 4.93. The van der Waals surface area contributed by atoms with Crippen molar-refractivity contribution in [1.29, 1.82) is 0 Å². The van der Waals surface area contributed by atoms with Gasteiger partial charge < -0.3 is 34.3 Å². The normalized spacial score (nSPS) is 14.1. The van der Waals surface area contributed by atoms with Crippen LogP contribution in [0.1, 0.15) is 53.9 Å². The average molecular weight is 661 g/mol. The van der Waals surface area contributed by atoms with E-state index in [4.69, 9.17) is 35.9 Å². The smallest absolute Gasteiger partial charge is 0.338 e. The van der Waals surface area contributed by atoms with Gasteiger partial charge in [0.15, 0.2) is 23.2 Å². The van der Waals surface area contributed by atoms with Gasteiger partial charge in [0.05, 0.1) is 43.7 Å². The summed E-state index contributed by atoms with van der Waals surface area (Å²) < 4.78 is 27.7. The zero-order valence-corrected chi connectivity index (χ0v) is 27.3. The van der Waals surface area contributed by atoms with Crippen LogP contribution in [0, 0.1) is 0 Å². The number of ether oxygens (including phenoxy) is 5. The maximum Gasteiger partial charge on any atom is 0.338 e. The molecule has 3 aromatic carbocycles. The quantitative estimate of drug-likeness (QED) is 0.0983. The summed E-state index contributed by atoms with van der Waals surface area (Å²) in [7, 11) is 1.52. The molecule has 13 heteroatoms. The number of para-hydroxylation sites is 2. The van der Waals surface area contributed by atoms with Crippen molar-refractivity contribution < 1.29 is 38.1 Å². The summed E-state index contributed by atoms with van der Waals surface area (Å²) in [5.41, 5.74) is 5.80. The Bertz CT molecular complexity index is 1670. The zero-order chi connectivity index (χ0) is 33.8.